The third-order valence-corrected chi connectivity index (χ3v) is 6.76. The fourth-order valence-corrected chi connectivity index (χ4v) is 5.36. The Morgan fingerprint density at radius 1 is 1.00 bits per heavy atom. The molecule has 0 heterocycles. The molecule has 27 heavy (non-hydrogen) atoms. The van der Waals surface area contributed by atoms with E-state index < -0.39 is 21.8 Å². The molecule has 0 bridgehead atoms. The molecule has 3 aromatic carbocycles. The summed E-state index contributed by atoms with van der Waals surface area (Å²) < 4.78 is 28.1. The standard InChI is InChI=1S/C21H18ClNO3S/c22-18-12-4-9-15-8-3-11-17(20(15)18)21(24)23-27(25,26)19-13-5-7-14-6-1-2-10-16(14)19/h1-2,4-7,9-10,12-13,17H,3,8,11H2,(H,23,24). The number of benzene rings is 3. The summed E-state index contributed by atoms with van der Waals surface area (Å²) in [5.41, 5.74) is 1.76. The Balaban J connectivity index is 1.69. The third kappa shape index (κ3) is 3.33. The van der Waals surface area contributed by atoms with Crippen LogP contribution in [0.2, 0.25) is 5.02 Å². The molecule has 6 heteroatoms. The zero-order valence-corrected chi connectivity index (χ0v) is 16.1. The molecule has 0 saturated carbocycles. The van der Waals surface area contributed by atoms with E-state index in [-0.39, 0.29) is 4.90 Å². The number of amides is 1. The number of rotatable bonds is 3. The van der Waals surface area contributed by atoms with Crippen LogP contribution in [0.4, 0.5) is 0 Å². The summed E-state index contributed by atoms with van der Waals surface area (Å²) in [6.45, 7) is 0. The second-order valence-corrected chi connectivity index (χ2v) is 8.76. The quantitative estimate of drug-likeness (QED) is 0.709. The number of sulfonamides is 1. The van der Waals surface area contributed by atoms with Crippen LogP contribution in [0.3, 0.4) is 0 Å². The zero-order valence-electron chi connectivity index (χ0n) is 14.5. The number of nitrogens with one attached hydrogen (secondary N) is 1. The van der Waals surface area contributed by atoms with Crippen molar-refractivity contribution in [1.82, 2.24) is 4.72 Å². The molecular weight excluding hydrogens is 382 g/mol. The van der Waals surface area contributed by atoms with Crippen LogP contribution >= 0.6 is 11.6 Å². The van der Waals surface area contributed by atoms with Crippen molar-refractivity contribution in [3.63, 3.8) is 0 Å². The minimum atomic E-state index is -3.99. The molecule has 3 aromatic rings. The highest BCUT2D eigenvalue weighted by Crippen LogP contribution is 2.37. The van der Waals surface area contributed by atoms with Crippen LogP contribution in [-0.4, -0.2) is 14.3 Å². The van der Waals surface area contributed by atoms with Gasteiger partial charge in [0.05, 0.1) is 10.8 Å². The molecule has 1 unspecified atom stereocenters. The molecular formula is C21H18ClNO3S. The molecule has 0 fully saturated rings. The van der Waals surface area contributed by atoms with Gasteiger partial charge in [0.25, 0.3) is 10.0 Å². The number of carbonyl (C=O) groups excluding carboxylic acids is 1. The van der Waals surface area contributed by atoms with Gasteiger partial charge in [-0.05, 0) is 47.9 Å². The molecule has 4 nitrogen and oxygen atoms in total. The van der Waals surface area contributed by atoms with Crippen molar-refractivity contribution in [2.75, 3.05) is 0 Å². The fourth-order valence-electron chi connectivity index (χ4n) is 3.78. The first-order valence-corrected chi connectivity index (χ1v) is 10.7. The van der Waals surface area contributed by atoms with Crippen molar-refractivity contribution >= 4 is 38.3 Å². The van der Waals surface area contributed by atoms with E-state index in [1.54, 1.807) is 24.3 Å². The first-order valence-electron chi connectivity index (χ1n) is 8.79. The van der Waals surface area contributed by atoms with E-state index in [2.05, 4.69) is 4.72 Å². The Morgan fingerprint density at radius 2 is 1.74 bits per heavy atom. The van der Waals surface area contributed by atoms with E-state index in [1.807, 2.05) is 30.3 Å². The summed E-state index contributed by atoms with van der Waals surface area (Å²) in [6.07, 6.45) is 2.24. The maximum Gasteiger partial charge on any atom is 0.264 e. The van der Waals surface area contributed by atoms with E-state index in [0.717, 1.165) is 29.4 Å². The van der Waals surface area contributed by atoms with Gasteiger partial charge in [-0.1, -0.05) is 60.1 Å². The summed E-state index contributed by atoms with van der Waals surface area (Å²) in [6, 6.07) is 17.8. The van der Waals surface area contributed by atoms with E-state index >= 15 is 0 Å². The van der Waals surface area contributed by atoms with E-state index in [0.29, 0.717) is 16.8 Å². The lowest BCUT2D eigenvalue weighted by molar-refractivity contribution is -0.121. The topological polar surface area (TPSA) is 63.2 Å². The number of hydrogen-bond acceptors (Lipinski definition) is 3. The molecule has 138 valence electrons. The molecule has 1 N–H and O–H groups in total. The van der Waals surface area contributed by atoms with Gasteiger partial charge >= 0.3 is 0 Å². The molecule has 1 atom stereocenters. The molecule has 0 saturated heterocycles. The smallest absolute Gasteiger partial charge is 0.264 e. The highest BCUT2D eigenvalue weighted by molar-refractivity contribution is 7.90. The lowest BCUT2D eigenvalue weighted by Gasteiger charge is -2.25. The second-order valence-electron chi connectivity index (χ2n) is 6.70. The van der Waals surface area contributed by atoms with Crippen LogP contribution in [0.1, 0.15) is 29.9 Å². The molecule has 0 spiro atoms. The van der Waals surface area contributed by atoms with Crippen LogP contribution in [-0.2, 0) is 21.2 Å². The van der Waals surface area contributed by atoms with Crippen LogP contribution in [0, 0.1) is 0 Å². The lowest BCUT2D eigenvalue weighted by atomic mass is 9.82. The summed E-state index contributed by atoms with van der Waals surface area (Å²) in [4.78, 5) is 13.0. The minimum Gasteiger partial charge on any atom is -0.273 e. The first-order chi connectivity index (χ1) is 13.0. The molecule has 1 amide bonds. The summed E-state index contributed by atoms with van der Waals surface area (Å²) >= 11 is 6.32. The summed E-state index contributed by atoms with van der Waals surface area (Å²) in [5, 5.41) is 1.90. The van der Waals surface area contributed by atoms with Crippen molar-refractivity contribution in [3.05, 3.63) is 76.8 Å². The zero-order chi connectivity index (χ0) is 19.0. The number of aryl methyl sites for hydroxylation is 1. The minimum absolute atomic E-state index is 0.101. The monoisotopic (exact) mass is 399 g/mol. The fraction of sp³-hybridized carbons (Fsp3) is 0.190. The van der Waals surface area contributed by atoms with Gasteiger partial charge in [-0.15, -0.1) is 0 Å². The number of carbonyl (C=O) groups is 1. The largest absolute Gasteiger partial charge is 0.273 e. The van der Waals surface area contributed by atoms with Crippen molar-refractivity contribution < 1.29 is 13.2 Å². The van der Waals surface area contributed by atoms with Gasteiger partial charge in [-0.3, -0.25) is 4.79 Å². The van der Waals surface area contributed by atoms with Crippen molar-refractivity contribution in [2.24, 2.45) is 0 Å². The number of halogens is 1. The normalized spacial score (nSPS) is 16.7. The second kappa shape index (κ2) is 6.98. The third-order valence-electron chi connectivity index (χ3n) is 5.02. The number of fused-ring (bicyclic) bond motifs is 2. The van der Waals surface area contributed by atoms with Gasteiger partial charge in [0, 0.05) is 10.4 Å². The van der Waals surface area contributed by atoms with E-state index in [1.165, 1.54) is 6.07 Å². The molecule has 0 radical (unpaired) electrons. The van der Waals surface area contributed by atoms with Gasteiger partial charge < -0.3 is 0 Å². The highest BCUT2D eigenvalue weighted by Gasteiger charge is 2.31. The van der Waals surface area contributed by atoms with Crippen molar-refractivity contribution in [1.29, 1.82) is 0 Å². The maximum atomic E-state index is 12.9. The van der Waals surface area contributed by atoms with Gasteiger partial charge in [0.2, 0.25) is 5.91 Å². The highest BCUT2D eigenvalue weighted by atomic mass is 35.5. The van der Waals surface area contributed by atoms with Crippen LogP contribution in [0.25, 0.3) is 10.8 Å². The molecule has 1 aliphatic rings. The number of hydrogen-bond donors (Lipinski definition) is 1. The van der Waals surface area contributed by atoms with E-state index in [9.17, 15) is 13.2 Å². The Morgan fingerprint density at radius 3 is 2.59 bits per heavy atom. The van der Waals surface area contributed by atoms with Crippen molar-refractivity contribution in [2.45, 2.75) is 30.1 Å². The summed E-state index contributed by atoms with van der Waals surface area (Å²) in [5.74, 6) is -1.09. The molecule has 4 rings (SSSR count). The van der Waals surface area contributed by atoms with Crippen LogP contribution < -0.4 is 4.72 Å². The Labute approximate surface area is 163 Å². The average Bonchev–Trinajstić information content (AvgIpc) is 2.67. The predicted octanol–water partition coefficient (Wildman–Crippen LogP) is 4.42. The Hall–Kier alpha value is -2.37. The van der Waals surface area contributed by atoms with Crippen molar-refractivity contribution in [3.8, 4) is 0 Å². The van der Waals surface area contributed by atoms with Crippen LogP contribution in [0.15, 0.2) is 65.6 Å². The van der Waals surface area contributed by atoms with Gasteiger partial charge in [-0.2, -0.15) is 0 Å². The predicted molar refractivity (Wildman–Crippen MR) is 106 cm³/mol. The van der Waals surface area contributed by atoms with Crippen LogP contribution in [0.5, 0.6) is 0 Å². The summed E-state index contributed by atoms with van der Waals surface area (Å²) in [7, 11) is -3.99. The maximum absolute atomic E-state index is 12.9. The van der Waals surface area contributed by atoms with Gasteiger partial charge in [-0.25, -0.2) is 13.1 Å². The lowest BCUT2D eigenvalue weighted by Crippen LogP contribution is -2.36. The van der Waals surface area contributed by atoms with Gasteiger partial charge in [0.1, 0.15) is 0 Å². The molecule has 0 aliphatic heterocycles. The average molecular weight is 400 g/mol. The first kappa shape index (κ1) is 18.0. The SMILES string of the molecule is O=C(NS(=O)(=O)c1cccc2ccccc12)C1CCCc2cccc(Cl)c21. The molecule has 1 aliphatic carbocycles. The molecule has 0 aromatic heterocycles. The Bertz CT molecular complexity index is 1140. The Kier molecular flexibility index (Phi) is 4.66. The van der Waals surface area contributed by atoms with Gasteiger partial charge in [0.15, 0.2) is 0 Å². The van der Waals surface area contributed by atoms with E-state index in [4.69, 9.17) is 11.6 Å².